The van der Waals surface area contributed by atoms with Crippen LogP contribution in [0, 0.1) is 0 Å². The summed E-state index contributed by atoms with van der Waals surface area (Å²) in [5, 5.41) is 0. The summed E-state index contributed by atoms with van der Waals surface area (Å²) in [4.78, 5) is 2.23. The maximum atomic E-state index is 5.78. The third-order valence-corrected chi connectivity index (χ3v) is 2.85. The highest BCUT2D eigenvalue weighted by atomic mass is 16.5. The van der Waals surface area contributed by atoms with Gasteiger partial charge in [0, 0.05) is 19.1 Å². The second-order valence-corrected chi connectivity index (χ2v) is 4.67. The molecule has 0 spiro atoms. The number of ether oxygens (including phenoxy) is 2. The molecule has 0 saturated carbocycles. The Morgan fingerprint density at radius 3 is 2.56 bits per heavy atom. The quantitative estimate of drug-likeness (QED) is 0.799. The molecule has 1 aromatic rings. The first-order valence-corrected chi connectivity index (χ1v) is 6.21. The largest absolute Gasteiger partial charge is 0.497 e. The fraction of sp³-hybridized carbons (Fsp3) is 0.571. The predicted octanol–water partition coefficient (Wildman–Crippen LogP) is 1.53. The van der Waals surface area contributed by atoms with Gasteiger partial charge in [-0.2, -0.15) is 0 Å². The lowest BCUT2D eigenvalue weighted by molar-refractivity contribution is 0.318. The molecule has 0 aliphatic heterocycles. The average Bonchev–Trinajstić information content (AvgIpc) is 2.35. The number of benzene rings is 1. The molecule has 0 aliphatic carbocycles. The molecule has 2 N–H and O–H groups in total. The van der Waals surface area contributed by atoms with E-state index >= 15 is 0 Å². The molecule has 0 aromatic heterocycles. The summed E-state index contributed by atoms with van der Waals surface area (Å²) in [5.74, 6) is 1.77. The molecule has 0 bridgehead atoms. The third-order valence-electron chi connectivity index (χ3n) is 2.85. The van der Waals surface area contributed by atoms with Gasteiger partial charge in [0.15, 0.2) is 0 Å². The van der Waals surface area contributed by atoms with Crippen LogP contribution in [0.5, 0.6) is 11.5 Å². The molecule has 0 amide bonds. The highest BCUT2D eigenvalue weighted by Gasteiger charge is 2.07. The molecule has 1 atom stereocenters. The summed E-state index contributed by atoms with van der Waals surface area (Å²) < 4.78 is 10.6. The van der Waals surface area contributed by atoms with Gasteiger partial charge in [0.25, 0.3) is 0 Å². The summed E-state index contributed by atoms with van der Waals surface area (Å²) >= 11 is 0. The molecule has 0 fully saturated rings. The van der Waals surface area contributed by atoms with Crippen LogP contribution in [-0.4, -0.2) is 45.3 Å². The lowest BCUT2D eigenvalue weighted by Crippen LogP contribution is -2.34. The van der Waals surface area contributed by atoms with Crippen molar-refractivity contribution in [3.05, 3.63) is 23.8 Å². The Kier molecular flexibility index (Phi) is 5.95. The van der Waals surface area contributed by atoms with Crippen molar-refractivity contribution in [2.75, 3.05) is 34.4 Å². The van der Waals surface area contributed by atoms with E-state index in [1.54, 1.807) is 14.2 Å². The lowest BCUT2D eigenvalue weighted by atomic mass is 10.1. The Morgan fingerprint density at radius 2 is 2.00 bits per heavy atom. The summed E-state index contributed by atoms with van der Waals surface area (Å²) in [6, 6.07) is 6.08. The van der Waals surface area contributed by atoms with Gasteiger partial charge in [-0.1, -0.05) is 0 Å². The highest BCUT2D eigenvalue weighted by Crippen LogP contribution is 2.24. The normalized spacial score (nSPS) is 12.6. The minimum Gasteiger partial charge on any atom is -0.497 e. The maximum Gasteiger partial charge on any atom is 0.122 e. The standard InChI is InChI=1S/C14H24N2O2/c1-11(15)10-16(2)8-7-12-9-13(17-3)5-6-14(12)18-4/h5-6,9,11H,7-8,10,15H2,1-4H3. The van der Waals surface area contributed by atoms with E-state index in [9.17, 15) is 0 Å². The van der Waals surface area contributed by atoms with Crippen LogP contribution in [0.1, 0.15) is 12.5 Å². The molecular weight excluding hydrogens is 228 g/mol. The first-order chi connectivity index (χ1) is 8.56. The van der Waals surface area contributed by atoms with Gasteiger partial charge >= 0.3 is 0 Å². The first kappa shape index (κ1) is 14.8. The fourth-order valence-electron chi connectivity index (χ4n) is 1.97. The molecule has 1 unspecified atom stereocenters. The van der Waals surface area contributed by atoms with Crippen LogP contribution in [-0.2, 0) is 6.42 Å². The first-order valence-electron chi connectivity index (χ1n) is 6.21. The van der Waals surface area contributed by atoms with E-state index in [2.05, 4.69) is 11.9 Å². The molecule has 0 radical (unpaired) electrons. The minimum atomic E-state index is 0.196. The van der Waals surface area contributed by atoms with Crippen LogP contribution >= 0.6 is 0 Å². The van der Waals surface area contributed by atoms with Gasteiger partial charge in [0.1, 0.15) is 11.5 Å². The molecule has 0 aliphatic rings. The molecule has 4 nitrogen and oxygen atoms in total. The van der Waals surface area contributed by atoms with Crippen molar-refractivity contribution < 1.29 is 9.47 Å². The lowest BCUT2D eigenvalue weighted by Gasteiger charge is -2.19. The van der Waals surface area contributed by atoms with E-state index in [0.717, 1.165) is 36.6 Å². The maximum absolute atomic E-state index is 5.78. The van der Waals surface area contributed by atoms with E-state index in [-0.39, 0.29) is 6.04 Å². The number of nitrogens with two attached hydrogens (primary N) is 1. The van der Waals surface area contributed by atoms with Gasteiger partial charge in [0.05, 0.1) is 14.2 Å². The molecule has 102 valence electrons. The zero-order valence-corrected chi connectivity index (χ0v) is 11.8. The molecule has 1 rings (SSSR count). The number of hydrogen-bond donors (Lipinski definition) is 1. The van der Waals surface area contributed by atoms with Crippen LogP contribution in [0.4, 0.5) is 0 Å². The van der Waals surface area contributed by atoms with Gasteiger partial charge in [-0.3, -0.25) is 0 Å². The van der Waals surface area contributed by atoms with Gasteiger partial charge < -0.3 is 20.1 Å². The molecule has 0 heterocycles. The summed E-state index contributed by atoms with van der Waals surface area (Å²) in [6.45, 7) is 3.86. The number of rotatable bonds is 7. The van der Waals surface area contributed by atoms with Crippen LogP contribution in [0.2, 0.25) is 0 Å². The number of likely N-dealkylation sites (N-methyl/N-ethyl adjacent to an activating group) is 1. The van der Waals surface area contributed by atoms with Crippen molar-refractivity contribution >= 4 is 0 Å². The monoisotopic (exact) mass is 252 g/mol. The van der Waals surface area contributed by atoms with Gasteiger partial charge in [-0.05, 0) is 44.2 Å². The van der Waals surface area contributed by atoms with Crippen LogP contribution in [0.3, 0.4) is 0 Å². The smallest absolute Gasteiger partial charge is 0.122 e. The molecule has 4 heteroatoms. The molecular formula is C14H24N2O2. The van der Waals surface area contributed by atoms with Crippen LogP contribution in [0.25, 0.3) is 0 Å². The second kappa shape index (κ2) is 7.24. The van der Waals surface area contributed by atoms with Crippen molar-refractivity contribution in [3.8, 4) is 11.5 Å². The Labute approximate surface area is 110 Å². The van der Waals surface area contributed by atoms with Crippen molar-refractivity contribution in [1.29, 1.82) is 0 Å². The van der Waals surface area contributed by atoms with E-state index in [4.69, 9.17) is 15.2 Å². The van der Waals surface area contributed by atoms with Crippen molar-refractivity contribution in [2.24, 2.45) is 5.73 Å². The van der Waals surface area contributed by atoms with Gasteiger partial charge in [0.2, 0.25) is 0 Å². The highest BCUT2D eigenvalue weighted by molar-refractivity contribution is 5.40. The zero-order valence-electron chi connectivity index (χ0n) is 11.8. The van der Waals surface area contributed by atoms with Crippen molar-refractivity contribution in [3.63, 3.8) is 0 Å². The fourth-order valence-corrected chi connectivity index (χ4v) is 1.97. The predicted molar refractivity (Wildman–Crippen MR) is 74.4 cm³/mol. The van der Waals surface area contributed by atoms with Crippen molar-refractivity contribution in [2.45, 2.75) is 19.4 Å². The minimum absolute atomic E-state index is 0.196. The van der Waals surface area contributed by atoms with Gasteiger partial charge in [-0.25, -0.2) is 0 Å². The average molecular weight is 252 g/mol. The molecule has 18 heavy (non-hydrogen) atoms. The van der Waals surface area contributed by atoms with E-state index in [0.29, 0.717) is 0 Å². The molecule has 0 saturated heterocycles. The number of nitrogens with zero attached hydrogens (tertiary/aromatic N) is 1. The van der Waals surface area contributed by atoms with Crippen LogP contribution in [0.15, 0.2) is 18.2 Å². The summed E-state index contributed by atoms with van der Waals surface area (Å²) in [7, 11) is 5.45. The summed E-state index contributed by atoms with van der Waals surface area (Å²) in [6.07, 6.45) is 0.920. The zero-order chi connectivity index (χ0) is 13.5. The Balaban J connectivity index is 2.64. The van der Waals surface area contributed by atoms with Crippen molar-refractivity contribution in [1.82, 2.24) is 4.90 Å². The number of methoxy groups -OCH3 is 2. The van der Waals surface area contributed by atoms with Crippen LogP contribution < -0.4 is 15.2 Å². The third kappa shape index (κ3) is 4.55. The second-order valence-electron chi connectivity index (χ2n) is 4.67. The topological polar surface area (TPSA) is 47.7 Å². The number of hydrogen-bond acceptors (Lipinski definition) is 4. The summed E-state index contributed by atoms with van der Waals surface area (Å²) in [5.41, 5.74) is 6.94. The van der Waals surface area contributed by atoms with E-state index in [1.165, 1.54) is 0 Å². The van der Waals surface area contributed by atoms with Gasteiger partial charge in [-0.15, -0.1) is 0 Å². The Hall–Kier alpha value is -1.26. The SMILES string of the molecule is COc1ccc(OC)c(CCN(C)CC(C)N)c1. The van der Waals surface area contributed by atoms with E-state index in [1.807, 2.05) is 25.1 Å². The van der Waals surface area contributed by atoms with E-state index < -0.39 is 0 Å². The molecule has 1 aromatic carbocycles. The Bertz CT molecular complexity index is 367. The Morgan fingerprint density at radius 1 is 1.28 bits per heavy atom.